The minimum Gasteiger partial charge on any atom is -0.511 e. The van der Waals surface area contributed by atoms with Crippen LogP contribution in [-0.2, 0) is 20.6 Å². The van der Waals surface area contributed by atoms with Gasteiger partial charge in [-0.05, 0) is 36.0 Å². The van der Waals surface area contributed by atoms with E-state index in [4.69, 9.17) is 14.6 Å². The van der Waals surface area contributed by atoms with Crippen LogP contribution in [0.1, 0.15) is 39.2 Å². The minimum absolute atomic E-state index is 0.00584. The average Bonchev–Trinajstić information content (AvgIpc) is 2.66. The predicted molar refractivity (Wildman–Crippen MR) is 121 cm³/mol. The maximum absolute atomic E-state index is 13.4. The van der Waals surface area contributed by atoms with E-state index >= 15 is 0 Å². The Balaban J connectivity index is 1.79. The van der Waals surface area contributed by atoms with Crippen molar-refractivity contribution in [1.82, 2.24) is 0 Å². The van der Waals surface area contributed by atoms with Crippen molar-refractivity contribution in [3.05, 3.63) is 59.4 Å². The van der Waals surface area contributed by atoms with Gasteiger partial charge in [-0.3, -0.25) is 10.2 Å². The number of benzene rings is 1. The van der Waals surface area contributed by atoms with E-state index in [1.54, 1.807) is 0 Å². The lowest BCUT2D eigenvalue weighted by molar-refractivity contribution is -0.124. The number of ether oxygens (including phenoxy) is 1. The van der Waals surface area contributed by atoms with Gasteiger partial charge in [-0.25, -0.2) is 0 Å². The van der Waals surface area contributed by atoms with E-state index in [0.717, 1.165) is 12.0 Å². The number of carbonyl (C=O) groups excluding carboxylic acids is 1. The molecular formula is C24H33NO4Si. The van der Waals surface area contributed by atoms with Crippen molar-refractivity contribution in [2.45, 2.75) is 64.5 Å². The second kappa shape index (κ2) is 8.51. The van der Waals surface area contributed by atoms with Crippen LogP contribution in [-0.4, -0.2) is 31.2 Å². The fourth-order valence-electron chi connectivity index (χ4n) is 3.83. The third-order valence-electron chi connectivity index (χ3n) is 6.61. The molecule has 2 aliphatic carbocycles. The van der Waals surface area contributed by atoms with Crippen LogP contribution in [0.5, 0.6) is 0 Å². The van der Waals surface area contributed by atoms with Crippen LogP contribution in [0.2, 0.25) is 18.1 Å². The van der Waals surface area contributed by atoms with Gasteiger partial charge in [0.2, 0.25) is 5.90 Å². The molecule has 0 heterocycles. The summed E-state index contributed by atoms with van der Waals surface area (Å²) in [5.41, 5.74) is 0.912. The highest BCUT2D eigenvalue weighted by atomic mass is 28.4. The standard InChI is InChI=1S/C24H33NO4Si/c1-24(2,3)30(4,5)29-19-13-9-12-17-14-18(26)21(22(27)20(17)19)23(25)28-15-16-10-7-6-8-11-16/h6-11,13,17,19-20,25-26H,12,14-15H2,1-5H3. The largest absolute Gasteiger partial charge is 0.511 e. The van der Waals surface area contributed by atoms with Crippen LogP contribution >= 0.6 is 0 Å². The van der Waals surface area contributed by atoms with E-state index < -0.39 is 14.2 Å². The average molecular weight is 428 g/mol. The molecule has 3 unspecified atom stereocenters. The molecule has 2 aliphatic rings. The third kappa shape index (κ3) is 4.60. The van der Waals surface area contributed by atoms with Crippen LogP contribution in [0.15, 0.2) is 53.8 Å². The summed E-state index contributed by atoms with van der Waals surface area (Å²) in [5, 5.41) is 18.9. The zero-order valence-corrected chi connectivity index (χ0v) is 19.6. The number of hydrogen-bond acceptors (Lipinski definition) is 5. The highest BCUT2D eigenvalue weighted by Gasteiger charge is 2.48. The first-order chi connectivity index (χ1) is 14.0. The van der Waals surface area contributed by atoms with Crippen LogP contribution in [0.4, 0.5) is 0 Å². The number of allylic oxidation sites excluding steroid dienone is 2. The third-order valence-corrected chi connectivity index (χ3v) is 11.1. The summed E-state index contributed by atoms with van der Waals surface area (Å²) in [6.07, 6.45) is 4.81. The summed E-state index contributed by atoms with van der Waals surface area (Å²) >= 11 is 0. The molecule has 0 amide bonds. The lowest BCUT2D eigenvalue weighted by atomic mass is 9.71. The number of carbonyl (C=O) groups is 1. The van der Waals surface area contributed by atoms with Crippen molar-refractivity contribution < 1.29 is 19.1 Å². The Bertz CT molecular complexity index is 867. The number of nitrogens with one attached hydrogen (secondary N) is 1. The topological polar surface area (TPSA) is 79.6 Å². The maximum atomic E-state index is 13.4. The number of rotatable bonds is 5. The first-order valence-corrected chi connectivity index (χ1v) is 13.5. The van der Waals surface area contributed by atoms with E-state index in [2.05, 4.69) is 39.9 Å². The molecule has 6 heteroatoms. The molecule has 0 radical (unpaired) electrons. The van der Waals surface area contributed by atoms with Crippen LogP contribution in [0.3, 0.4) is 0 Å². The summed E-state index contributed by atoms with van der Waals surface area (Å²) in [5.74, 6) is -0.949. The van der Waals surface area contributed by atoms with Gasteiger partial charge in [0, 0.05) is 6.42 Å². The zero-order chi connectivity index (χ0) is 22.1. The van der Waals surface area contributed by atoms with Gasteiger partial charge in [0.05, 0.1) is 12.0 Å². The van der Waals surface area contributed by atoms with E-state index in [1.807, 2.05) is 36.4 Å². The number of hydrogen-bond donors (Lipinski definition) is 2. The van der Waals surface area contributed by atoms with Gasteiger partial charge in [-0.2, -0.15) is 0 Å². The van der Waals surface area contributed by atoms with Gasteiger partial charge >= 0.3 is 0 Å². The lowest BCUT2D eigenvalue weighted by Gasteiger charge is -2.44. The molecule has 1 aromatic carbocycles. The molecule has 2 N–H and O–H groups in total. The van der Waals surface area contributed by atoms with E-state index in [9.17, 15) is 9.90 Å². The lowest BCUT2D eigenvalue weighted by Crippen LogP contribution is -2.50. The number of aliphatic hydroxyl groups excluding tert-OH is 1. The van der Waals surface area contributed by atoms with E-state index in [0.29, 0.717) is 6.42 Å². The van der Waals surface area contributed by atoms with Gasteiger partial charge in [0.15, 0.2) is 14.1 Å². The minimum atomic E-state index is -2.09. The zero-order valence-electron chi connectivity index (χ0n) is 18.6. The number of aliphatic hydroxyl groups is 1. The first kappa shape index (κ1) is 22.5. The Morgan fingerprint density at radius 2 is 1.90 bits per heavy atom. The molecule has 5 nitrogen and oxygen atoms in total. The van der Waals surface area contributed by atoms with Crippen LogP contribution in [0.25, 0.3) is 0 Å². The monoisotopic (exact) mass is 427 g/mol. The molecule has 0 aromatic heterocycles. The van der Waals surface area contributed by atoms with Crippen molar-refractivity contribution >= 4 is 20.0 Å². The van der Waals surface area contributed by atoms with Crippen molar-refractivity contribution in [3.63, 3.8) is 0 Å². The summed E-state index contributed by atoms with van der Waals surface area (Å²) in [7, 11) is -2.09. The van der Waals surface area contributed by atoms with Crippen molar-refractivity contribution in [1.29, 1.82) is 5.41 Å². The molecule has 0 spiro atoms. The second-order valence-electron chi connectivity index (χ2n) is 9.79. The van der Waals surface area contributed by atoms with Gasteiger partial charge in [0.25, 0.3) is 0 Å². The highest BCUT2D eigenvalue weighted by Crippen LogP contribution is 2.43. The molecule has 1 aromatic rings. The summed E-state index contributed by atoms with van der Waals surface area (Å²) in [4.78, 5) is 13.4. The van der Waals surface area contributed by atoms with Gasteiger partial charge in [-0.15, -0.1) is 0 Å². The Morgan fingerprint density at radius 1 is 1.23 bits per heavy atom. The molecule has 0 saturated carbocycles. The molecule has 0 aliphatic heterocycles. The smallest absolute Gasteiger partial charge is 0.220 e. The molecule has 0 bridgehead atoms. The molecule has 162 valence electrons. The summed E-state index contributed by atoms with van der Waals surface area (Å²) in [6.45, 7) is 11.1. The van der Waals surface area contributed by atoms with Gasteiger partial charge in [0.1, 0.15) is 17.9 Å². The normalized spacial score (nSPS) is 24.6. The number of fused-ring (bicyclic) bond motifs is 1. The van der Waals surface area contributed by atoms with Crippen LogP contribution in [0, 0.1) is 17.2 Å². The number of ketones is 1. The summed E-state index contributed by atoms with van der Waals surface area (Å²) < 4.78 is 12.2. The van der Waals surface area contributed by atoms with E-state index in [1.165, 1.54) is 0 Å². The fraction of sp³-hybridized carbons (Fsp3) is 0.500. The Morgan fingerprint density at radius 3 is 2.53 bits per heavy atom. The fourth-order valence-corrected chi connectivity index (χ4v) is 5.09. The Kier molecular flexibility index (Phi) is 6.39. The predicted octanol–water partition coefficient (Wildman–Crippen LogP) is 5.55. The van der Waals surface area contributed by atoms with Crippen molar-refractivity contribution in [2.75, 3.05) is 0 Å². The molecular weight excluding hydrogens is 394 g/mol. The molecule has 0 fully saturated rings. The first-order valence-electron chi connectivity index (χ1n) is 10.6. The van der Waals surface area contributed by atoms with Crippen LogP contribution < -0.4 is 0 Å². The Hall–Kier alpha value is -2.18. The second-order valence-corrected chi connectivity index (χ2v) is 14.5. The maximum Gasteiger partial charge on any atom is 0.220 e. The van der Waals surface area contributed by atoms with Gasteiger partial charge < -0.3 is 14.3 Å². The summed E-state index contributed by atoms with van der Waals surface area (Å²) in [6, 6.07) is 9.50. The Labute approximate surface area is 180 Å². The van der Waals surface area contributed by atoms with E-state index in [-0.39, 0.29) is 46.7 Å². The highest BCUT2D eigenvalue weighted by molar-refractivity contribution is 6.74. The van der Waals surface area contributed by atoms with Crippen molar-refractivity contribution in [3.8, 4) is 0 Å². The molecule has 30 heavy (non-hydrogen) atoms. The SMILES string of the molecule is CC(C)(C)[Si](C)(C)OC1C=CCC2CC(O)=C(C(=N)OCc3ccccc3)C(=O)C21. The molecule has 0 saturated heterocycles. The molecule has 3 rings (SSSR count). The molecule has 3 atom stereocenters. The van der Waals surface area contributed by atoms with Crippen molar-refractivity contribution in [2.24, 2.45) is 11.8 Å². The quantitative estimate of drug-likeness (QED) is 0.279. The number of Topliss-reactive ketones (excluding diaryl/α,β-unsaturated/α-hetero) is 1. The van der Waals surface area contributed by atoms with Gasteiger partial charge in [-0.1, -0.05) is 63.3 Å².